The van der Waals surface area contributed by atoms with Crippen LogP contribution in [-0.2, 0) is 11.3 Å². The van der Waals surface area contributed by atoms with E-state index in [1.54, 1.807) is 0 Å². The van der Waals surface area contributed by atoms with Crippen molar-refractivity contribution < 1.29 is 4.79 Å². The van der Waals surface area contributed by atoms with Crippen molar-refractivity contribution in [3.63, 3.8) is 0 Å². The molecule has 6 nitrogen and oxygen atoms in total. The highest BCUT2D eigenvalue weighted by Crippen LogP contribution is 2.13. The molecule has 2 rings (SSSR count). The van der Waals surface area contributed by atoms with Gasteiger partial charge in [-0.05, 0) is 32.4 Å². The van der Waals surface area contributed by atoms with Gasteiger partial charge in [0.05, 0.1) is 0 Å². The number of likely N-dealkylation sites (N-methyl/N-ethyl adjacent to an activating group) is 1. The fourth-order valence-electron chi connectivity index (χ4n) is 3.42. The van der Waals surface area contributed by atoms with Gasteiger partial charge >= 0.3 is 0 Å². The Morgan fingerprint density at radius 3 is 2.38 bits per heavy atom. The normalized spacial score (nSPS) is 16.5. The van der Waals surface area contributed by atoms with Gasteiger partial charge in [0.25, 0.3) is 0 Å². The number of carbonyl (C=O) groups excluding carboxylic acids is 1. The highest BCUT2D eigenvalue weighted by Gasteiger charge is 2.24. The van der Waals surface area contributed by atoms with Gasteiger partial charge in [-0.15, -0.1) is 24.0 Å². The second-order valence-electron chi connectivity index (χ2n) is 8.10. The second-order valence-corrected chi connectivity index (χ2v) is 8.10. The maximum Gasteiger partial charge on any atom is 0.225 e. The molecule has 1 saturated heterocycles. The number of hydrogen-bond donors (Lipinski definition) is 2. The first-order valence-corrected chi connectivity index (χ1v) is 10.4. The summed E-state index contributed by atoms with van der Waals surface area (Å²) in [6, 6.07) is 11.3. The molecule has 29 heavy (non-hydrogen) atoms. The number of carbonyl (C=O) groups is 1. The van der Waals surface area contributed by atoms with Gasteiger partial charge in [0.1, 0.15) is 0 Å². The molecule has 0 aromatic heterocycles. The van der Waals surface area contributed by atoms with Crippen molar-refractivity contribution >= 4 is 35.8 Å². The molecule has 1 heterocycles. The molecule has 0 bridgehead atoms. The van der Waals surface area contributed by atoms with Gasteiger partial charge in [-0.1, -0.05) is 44.2 Å². The van der Waals surface area contributed by atoms with Crippen molar-refractivity contribution in [1.82, 2.24) is 20.4 Å². The van der Waals surface area contributed by atoms with Gasteiger partial charge in [-0.25, -0.2) is 0 Å². The van der Waals surface area contributed by atoms with E-state index >= 15 is 0 Å². The van der Waals surface area contributed by atoms with Crippen molar-refractivity contribution in [3.05, 3.63) is 35.9 Å². The van der Waals surface area contributed by atoms with Crippen molar-refractivity contribution in [1.29, 1.82) is 0 Å². The van der Waals surface area contributed by atoms with Crippen LogP contribution in [0.3, 0.4) is 0 Å². The second kappa shape index (κ2) is 13.1. The number of nitrogens with one attached hydrogen (secondary N) is 2. The number of piperidine rings is 1. The number of nitrogens with zero attached hydrogens (tertiary/aromatic N) is 3. The number of benzene rings is 1. The van der Waals surface area contributed by atoms with Crippen molar-refractivity contribution in [3.8, 4) is 0 Å². The Balaban J connectivity index is 0.00000420. The van der Waals surface area contributed by atoms with Gasteiger partial charge < -0.3 is 15.5 Å². The third-order valence-corrected chi connectivity index (χ3v) is 5.46. The van der Waals surface area contributed by atoms with Gasteiger partial charge in [-0.2, -0.15) is 0 Å². The Morgan fingerprint density at radius 2 is 1.83 bits per heavy atom. The number of aliphatic imine (C=N–C) groups is 1. The summed E-state index contributed by atoms with van der Waals surface area (Å²) in [5.41, 5.74) is 1.32. The summed E-state index contributed by atoms with van der Waals surface area (Å²) in [4.78, 5) is 20.8. The molecule has 0 radical (unpaired) electrons. The molecule has 1 amide bonds. The first-order valence-electron chi connectivity index (χ1n) is 10.4. The summed E-state index contributed by atoms with van der Waals surface area (Å²) in [5, 5.41) is 6.97. The fourth-order valence-corrected chi connectivity index (χ4v) is 3.42. The van der Waals surface area contributed by atoms with E-state index in [0.29, 0.717) is 12.1 Å². The zero-order valence-electron chi connectivity index (χ0n) is 18.5. The van der Waals surface area contributed by atoms with Gasteiger partial charge in [0.15, 0.2) is 5.96 Å². The third-order valence-electron chi connectivity index (χ3n) is 5.46. The molecule has 1 aliphatic rings. The zero-order chi connectivity index (χ0) is 20.5. The molecule has 0 aliphatic carbocycles. The van der Waals surface area contributed by atoms with Crippen LogP contribution in [0.5, 0.6) is 0 Å². The monoisotopic (exact) mass is 515 g/mol. The topological polar surface area (TPSA) is 60.0 Å². The van der Waals surface area contributed by atoms with Crippen LogP contribution in [0.15, 0.2) is 35.3 Å². The van der Waals surface area contributed by atoms with E-state index in [-0.39, 0.29) is 35.8 Å². The lowest BCUT2D eigenvalue weighted by Gasteiger charge is -2.34. The molecule has 1 aromatic rings. The minimum atomic E-state index is 0. The number of likely N-dealkylation sites (tertiary alicyclic amines) is 1. The van der Waals surface area contributed by atoms with E-state index < -0.39 is 0 Å². The molecule has 1 unspecified atom stereocenters. The van der Waals surface area contributed by atoms with Crippen LogP contribution >= 0.6 is 24.0 Å². The molecule has 1 fully saturated rings. The lowest BCUT2D eigenvalue weighted by Crippen LogP contribution is -2.51. The number of hydrogen-bond acceptors (Lipinski definition) is 3. The summed E-state index contributed by atoms with van der Waals surface area (Å²) < 4.78 is 0. The minimum Gasteiger partial charge on any atom is -0.355 e. The van der Waals surface area contributed by atoms with Crippen LogP contribution in [0, 0.1) is 5.92 Å². The molecule has 1 aliphatic heterocycles. The summed E-state index contributed by atoms with van der Waals surface area (Å²) in [6.07, 6.45) is 1.92. The van der Waals surface area contributed by atoms with Gasteiger partial charge in [0, 0.05) is 51.2 Å². The summed E-state index contributed by atoms with van der Waals surface area (Å²) >= 11 is 0. The van der Waals surface area contributed by atoms with Crippen molar-refractivity contribution in [2.45, 2.75) is 52.2 Å². The van der Waals surface area contributed by atoms with Gasteiger partial charge in [-0.3, -0.25) is 14.7 Å². The zero-order valence-corrected chi connectivity index (χ0v) is 20.8. The standard InChI is InChI=1S/C22H37N5O.HI/c1-17(2)21(28)27-13-11-20(12-14-27)25-22(23-4)24-15-18(3)26(5)16-19-9-7-6-8-10-19;/h6-10,17-18,20H,11-16H2,1-5H3,(H2,23,24,25);1H. The van der Waals surface area contributed by atoms with Crippen LogP contribution < -0.4 is 10.6 Å². The van der Waals surface area contributed by atoms with E-state index in [2.05, 4.69) is 58.8 Å². The number of halogens is 1. The molecule has 2 N–H and O–H groups in total. The predicted octanol–water partition coefficient (Wildman–Crippen LogP) is 2.94. The summed E-state index contributed by atoms with van der Waals surface area (Å²) in [7, 11) is 3.96. The molecule has 164 valence electrons. The molecular weight excluding hydrogens is 477 g/mol. The van der Waals surface area contributed by atoms with Crippen LogP contribution in [0.2, 0.25) is 0 Å². The lowest BCUT2D eigenvalue weighted by atomic mass is 10.0. The molecule has 0 spiro atoms. The summed E-state index contributed by atoms with van der Waals surface area (Å²) in [5.74, 6) is 1.18. The van der Waals surface area contributed by atoms with E-state index in [0.717, 1.165) is 45.0 Å². The van der Waals surface area contributed by atoms with E-state index in [9.17, 15) is 4.79 Å². The molecular formula is C22H38IN5O. The Labute approximate surface area is 193 Å². The molecule has 1 atom stereocenters. The average Bonchev–Trinajstić information content (AvgIpc) is 2.71. The lowest BCUT2D eigenvalue weighted by molar-refractivity contribution is -0.135. The van der Waals surface area contributed by atoms with Crippen LogP contribution in [-0.4, -0.2) is 67.5 Å². The number of rotatable bonds is 7. The number of guanidine groups is 1. The van der Waals surface area contributed by atoms with E-state index in [1.807, 2.05) is 31.9 Å². The van der Waals surface area contributed by atoms with E-state index in [4.69, 9.17) is 0 Å². The minimum absolute atomic E-state index is 0. The van der Waals surface area contributed by atoms with Crippen LogP contribution in [0.4, 0.5) is 0 Å². The maximum absolute atomic E-state index is 12.1. The smallest absolute Gasteiger partial charge is 0.225 e. The van der Waals surface area contributed by atoms with Crippen LogP contribution in [0.1, 0.15) is 39.2 Å². The maximum atomic E-state index is 12.1. The SMILES string of the molecule is CN=C(NCC(C)N(C)Cc1ccccc1)NC1CCN(C(=O)C(C)C)CC1.I. The third kappa shape index (κ3) is 8.50. The average molecular weight is 515 g/mol. The quantitative estimate of drug-likeness (QED) is 0.333. The molecule has 0 saturated carbocycles. The Hall–Kier alpha value is -1.35. The van der Waals surface area contributed by atoms with Crippen molar-refractivity contribution in [2.24, 2.45) is 10.9 Å². The Morgan fingerprint density at radius 1 is 1.21 bits per heavy atom. The first-order chi connectivity index (χ1) is 13.4. The molecule has 1 aromatic carbocycles. The summed E-state index contributed by atoms with van der Waals surface area (Å²) in [6.45, 7) is 9.55. The Kier molecular flexibility index (Phi) is 11.6. The largest absolute Gasteiger partial charge is 0.355 e. The fraction of sp³-hybridized carbons (Fsp3) is 0.636. The Bertz CT molecular complexity index is 629. The highest BCUT2D eigenvalue weighted by molar-refractivity contribution is 14.0. The van der Waals surface area contributed by atoms with E-state index in [1.165, 1.54) is 5.56 Å². The highest BCUT2D eigenvalue weighted by atomic mass is 127. The van der Waals surface area contributed by atoms with Gasteiger partial charge in [0.2, 0.25) is 5.91 Å². The predicted molar refractivity (Wildman–Crippen MR) is 132 cm³/mol. The molecule has 7 heteroatoms. The van der Waals surface area contributed by atoms with Crippen LogP contribution in [0.25, 0.3) is 0 Å². The first kappa shape index (κ1) is 25.7. The van der Waals surface area contributed by atoms with Crippen molar-refractivity contribution in [2.75, 3.05) is 33.7 Å². The number of amides is 1.